The number of nitrogens with zero attached hydrogens (tertiary/aromatic N) is 4. The second-order valence-corrected chi connectivity index (χ2v) is 4.34. The summed E-state index contributed by atoms with van der Waals surface area (Å²) in [5, 5.41) is 13.5. The molecule has 20 heavy (non-hydrogen) atoms. The van der Waals surface area contributed by atoms with Crippen molar-refractivity contribution in [2.75, 3.05) is 13.2 Å². The van der Waals surface area contributed by atoms with E-state index in [9.17, 15) is 9.59 Å². The van der Waals surface area contributed by atoms with Gasteiger partial charge in [0.05, 0.1) is 6.61 Å². The van der Waals surface area contributed by atoms with Crippen LogP contribution in [0.5, 0.6) is 0 Å². The van der Waals surface area contributed by atoms with Crippen LogP contribution in [-0.2, 0) is 9.53 Å². The first-order valence-electron chi connectivity index (χ1n) is 6.84. The predicted octanol–water partition coefficient (Wildman–Crippen LogP) is 0.717. The van der Waals surface area contributed by atoms with Gasteiger partial charge in [-0.2, -0.15) is 0 Å². The third kappa shape index (κ3) is 4.29. The van der Waals surface area contributed by atoms with Gasteiger partial charge in [-0.05, 0) is 30.7 Å². The first-order valence-corrected chi connectivity index (χ1v) is 6.84. The van der Waals surface area contributed by atoms with Gasteiger partial charge in [-0.3, -0.25) is 4.79 Å². The third-order valence-electron chi connectivity index (χ3n) is 2.78. The van der Waals surface area contributed by atoms with Crippen molar-refractivity contribution in [1.82, 2.24) is 25.5 Å². The standard InChI is InChI=1S/C12H21N5O3/c1-4-6-7-8-13-11(18)9(3)17-10(14-15-16-17)12(19)20-5-2/h9H,4-8H2,1-3H3,(H,13,18). The van der Waals surface area contributed by atoms with Crippen molar-refractivity contribution in [1.29, 1.82) is 0 Å². The molecule has 1 unspecified atom stereocenters. The van der Waals surface area contributed by atoms with E-state index in [4.69, 9.17) is 4.74 Å². The molecule has 1 atom stereocenters. The fourth-order valence-corrected chi connectivity index (χ4v) is 1.63. The Kier molecular flexibility index (Phi) is 6.61. The summed E-state index contributed by atoms with van der Waals surface area (Å²) in [6, 6.07) is -0.661. The molecule has 0 aliphatic rings. The van der Waals surface area contributed by atoms with Crippen LogP contribution in [-0.4, -0.2) is 45.2 Å². The van der Waals surface area contributed by atoms with Gasteiger partial charge < -0.3 is 10.1 Å². The minimum Gasteiger partial charge on any atom is -0.460 e. The van der Waals surface area contributed by atoms with Crippen molar-refractivity contribution >= 4 is 11.9 Å². The molecule has 0 aliphatic heterocycles. The Hall–Kier alpha value is -1.99. The Labute approximate surface area is 117 Å². The lowest BCUT2D eigenvalue weighted by Gasteiger charge is -2.13. The molecule has 0 saturated heterocycles. The normalized spacial score (nSPS) is 11.9. The zero-order valence-electron chi connectivity index (χ0n) is 12.1. The van der Waals surface area contributed by atoms with E-state index in [1.807, 2.05) is 0 Å². The summed E-state index contributed by atoms with van der Waals surface area (Å²) < 4.78 is 6.01. The fraction of sp³-hybridized carbons (Fsp3) is 0.750. The number of esters is 1. The number of ether oxygens (including phenoxy) is 1. The minimum absolute atomic E-state index is 0.0666. The van der Waals surface area contributed by atoms with Crippen molar-refractivity contribution in [3.63, 3.8) is 0 Å². The van der Waals surface area contributed by atoms with Crippen LogP contribution >= 0.6 is 0 Å². The number of hydrogen-bond donors (Lipinski definition) is 1. The maximum Gasteiger partial charge on any atom is 0.378 e. The van der Waals surface area contributed by atoms with E-state index in [0.29, 0.717) is 6.54 Å². The van der Waals surface area contributed by atoms with E-state index < -0.39 is 12.0 Å². The predicted molar refractivity (Wildman–Crippen MR) is 71.0 cm³/mol. The van der Waals surface area contributed by atoms with Crippen molar-refractivity contribution in [3.05, 3.63) is 5.82 Å². The van der Waals surface area contributed by atoms with E-state index in [-0.39, 0.29) is 18.3 Å². The van der Waals surface area contributed by atoms with Gasteiger partial charge in [0, 0.05) is 6.54 Å². The SMILES string of the molecule is CCCCCNC(=O)C(C)n1nnnc1C(=O)OCC. The first kappa shape index (κ1) is 16.1. The van der Waals surface area contributed by atoms with Crippen LogP contribution in [0.25, 0.3) is 0 Å². The molecule has 1 amide bonds. The maximum absolute atomic E-state index is 12.0. The zero-order valence-corrected chi connectivity index (χ0v) is 12.1. The number of hydrogen-bond acceptors (Lipinski definition) is 6. The highest BCUT2D eigenvalue weighted by atomic mass is 16.5. The average molecular weight is 283 g/mol. The van der Waals surface area contributed by atoms with Gasteiger partial charge in [0.25, 0.3) is 5.82 Å². The monoisotopic (exact) mass is 283 g/mol. The summed E-state index contributed by atoms with van der Waals surface area (Å²) in [5.41, 5.74) is 0. The Morgan fingerprint density at radius 1 is 1.35 bits per heavy atom. The zero-order chi connectivity index (χ0) is 15.0. The van der Waals surface area contributed by atoms with Gasteiger partial charge in [0.1, 0.15) is 6.04 Å². The molecule has 0 saturated carbocycles. The van der Waals surface area contributed by atoms with E-state index in [1.54, 1.807) is 13.8 Å². The van der Waals surface area contributed by atoms with Crippen molar-refractivity contribution < 1.29 is 14.3 Å². The smallest absolute Gasteiger partial charge is 0.378 e. The van der Waals surface area contributed by atoms with Crippen LogP contribution in [0.4, 0.5) is 0 Å². The lowest BCUT2D eigenvalue weighted by Crippen LogP contribution is -2.33. The molecular formula is C12H21N5O3. The topological polar surface area (TPSA) is 99.0 Å². The second kappa shape index (κ2) is 8.23. The van der Waals surface area contributed by atoms with E-state index in [1.165, 1.54) is 4.68 Å². The lowest BCUT2D eigenvalue weighted by molar-refractivity contribution is -0.124. The molecular weight excluding hydrogens is 262 g/mol. The molecule has 1 aromatic rings. The highest BCUT2D eigenvalue weighted by Gasteiger charge is 2.24. The van der Waals surface area contributed by atoms with E-state index in [0.717, 1.165) is 19.3 Å². The quantitative estimate of drug-likeness (QED) is 0.557. The van der Waals surface area contributed by atoms with Gasteiger partial charge in [-0.15, -0.1) is 5.10 Å². The number of carbonyl (C=O) groups is 2. The summed E-state index contributed by atoms with van der Waals surface area (Å²) in [5.74, 6) is -0.926. The Balaban J connectivity index is 2.62. The third-order valence-corrected chi connectivity index (χ3v) is 2.78. The molecule has 0 fully saturated rings. The number of unbranched alkanes of at least 4 members (excludes halogenated alkanes) is 2. The van der Waals surface area contributed by atoms with Gasteiger partial charge in [0.15, 0.2) is 0 Å². The first-order chi connectivity index (χ1) is 9.61. The maximum atomic E-state index is 12.0. The summed E-state index contributed by atoms with van der Waals surface area (Å²) in [4.78, 5) is 23.6. The number of rotatable bonds is 8. The van der Waals surface area contributed by atoms with Gasteiger partial charge in [-0.1, -0.05) is 19.8 Å². The largest absolute Gasteiger partial charge is 0.460 e. The number of tetrazole rings is 1. The molecule has 8 heteroatoms. The Morgan fingerprint density at radius 2 is 2.10 bits per heavy atom. The summed E-state index contributed by atoms with van der Waals surface area (Å²) in [6.07, 6.45) is 3.08. The van der Waals surface area contributed by atoms with Crippen LogP contribution in [0, 0.1) is 0 Å². The summed E-state index contributed by atoms with van der Waals surface area (Å²) in [6.45, 7) is 6.25. The van der Waals surface area contributed by atoms with Gasteiger partial charge >= 0.3 is 5.97 Å². The molecule has 112 valence electrons. The van der Waals surface area contributed by atoms with Crippen molar-refractivity contribution in [3.8, 4) is 0 Å². The van der Waals surface area contributed by atoms with Gasteiger partial charge in [-0.25, -0.2) is 9.48 Å². The summed E-state index contributed by atoms with van der Waals surface area (Å²) >= 11 is 0. The summed E-state index contributed by atoms with van der Waals surface area (Å²) in [7, 11) is 0. The van der Waals surface area contributed by atoms with E-state index >= 15 is 0 Å². The molecule has 1 rings (SSSR count). The van der Waals surface area contributed by atoms with Crippen LogP contribution in [0.3, 0.4) is 0 Å². The fourth-order valence-electron chi connectivity index (χ4n) is 1.63. The minimum atomic E-state index is -0.661. The van der Waals surface area contributed by atoms with Crippen LogP contribution < -0.4 is 5.32 Å². The van der Waals surface area contributed by atoms with Crippen molar-refractivity contribution in [2.45, 2.75) is 46.1 Å². The number of nitrogens with one attached hydrogen (secondary N) is 1. The van der Waals surface area contributed by atoms with Crippen LogP contribution in [0.2, 0.25) is 0 Å². The van der Waals surface area contributed by atoms with Crippen LogP contribution in [0.15, 0.2) is 0 Å². The average Bonchev–Trinajstić information content (AvgIpc) is 2.92. The Bertz CT molecular complexity index is 446. The molecule has 0 radical (unpaired) electrons. The van der Waals surface area contributed by atoms with Crippen LogP contribution in [0.1, 0.15) is 56.7 Å². The molecule has 1 aromatic heterocycles. The lowest BCUT2D eigenvalue weighted by atomic mass is 10.2. The van der Waals surface area contributed by atoms with Crippen molar-refractivity contribution in [2.24, 2.45) is 0 Å². The molecule has 1 N–H and O–H groups in total. The second-order valence-electron chi connectivity index (χ2n) is 4.34. The molecule has 1 heterocycles. The molecule has 8 nitrogen and oxygen atoms in total. The molecule has 0 spiro atoms. The molecule has 0 bridgehead atoms. The molecule has 0 aromatic carbocycles. The highest BCUT2D eigenvalue weighted by molar-refractivity contribution is 5.86. The highest BCUT2D eigenvalue weighted by Crippen LogP contribution is 2.07. The number of carbonyl (C=O) groups excluding carboxylic acids is 2. The number of amides is 1. The Morgan fingerprint density at radius 3 is 2.75 bits per heavy atom. The molecule has 0 aliphatic carbocycles. The van der Waals surface area contributed by atoms with E-state index in [2.05, 4.69) is 27.8 Å². The number of aromatic nitrogens is 4. The van der Waals surface area contributed by atoms with Gasteiger partial charge in [0.2, 0.25) is 5.91 Å².